The molecule has 4 heteroatoms. The first kappa shape index (κ1) is 23.2. The van der Waals surface area contributed by atoms with Crippen LogP contribution in [-0.4, -0.2) is 12.0 Å². The summed E-state index contributed by atoms with van der Waals surface area (Å²) >= 11 is 0. The Morgan fingerprint density at radius 1 is 0.657 bits per heavy atom. The van der Waals surface area contributed by atoms with Gasteiger partial charge in [-0.2, -0.15) is 0 Å². The molecule has 1 aliphatic heterocycles. The van der Waals surface area contributed by atoms with Crippen LogP contribution < -0.4 is 15.1 Å². The molecule has 0 amide bonds. The summed E-state index contributed by atoms with van der Waals surface area (Å²) in [6, 6.07) is 26.4. The highest BCUT2D eigenvalue weighted by Crippen LogP contribution is 2.47. The van der Waals surface area contributed by atoms with Crippen LogP contribution in [0.1, 0.15) is 48.6 Å². The normalized spacial score (nSPS) is 13.4. The van der Waals surface area contributed by atoms with Crippen molar-refractivity contribution in [1.82, 2.24) is 4.98 Å². The summed E-state index contributed by atoms with van der Waals surface area (Å²) in [6.07, 6.45) is 1.96. The SMILES string of the molecule is Cc1cccc(C)c1B1N(c2cc(C(C)(C)C)ccn2)c2ccccc2N1c1c(C)cccc1C. The van der Waals surface area contributed by atoms with Crippen LogP contribution in [0.25, 0.3) is 0 Å². The van der Waals surface area contributed by atoms with E-state index in [1.165, 1.54) is 50.3 Å². The van der Waals surface area contributed by atoms with Gasteiger partial charge in [-0.1, -0.05) is 80.4 Å². The molecule has 5 rings (SSSR count). The zero-order valence-corrected chi connectivity index (χ0v) is 21.9. The number of aryl methyl sites for hydroxylation is 4. The molecule has 3 aromatic carbocycles. The van der Waals surface area contributed by atoms with Gasteiger partial charge in [-0.3, -0.25) is 0 Å². The lowest BCUT2D eigenvalue weighted by Gasteiger charge is -2.33. The fourth-order valence-corrected chi connectivity index (χ4v) is 5.44. The van der Waals surface area contributed by atoms with Crippen LogP contribution in [0.4, 0.5) is 22.9 Å². The van der Waals surface area contributed by atoms with E-state index in [-0.39, 0.29) is 12.4 Å². The summed E-state index contributed by atoms with van der Waals surface area (Å²) in [4.78, 5) is 9.91. The number of hydrogen-bond donors (Lipinski definition) is 0. The molecule has 35 heavy (non-hydrogen) atoms. The highest BCUT2D eigenvalue weighted by Gasteiger charge is 2.46. The van der Waals surface area contributed by atoms with E-state index in [1.807, 2.05) is 6.20 Å². The predicted octanol–water partition coefficient (Wildman–Crippen LogP) is 7.30. The Bertz CT molecular complexity index is 1360. The zero-order valence-electron chi connectivity index (χ0n) is 21.9. The third-order valence-corrected chi connectivity index (χ3v) is 7.23. The van der Waals surface area contributed by atoms with Gasteiger partial charge in [-0.05, 0) is 79.5 Å². The van der Waals surface area contributed by atoms with Gasteiger partial charge < -0.3 is 9.62 Å². The summed E-state index contributed by atoms with van der Waals surface area (Å²) in [5.74, 6) is 0.978. The van der Waals surface area contributed by atoms with Crippen LogP contribution >= 0.6 is 0 Å². The first-order valence-corrected chi connectivity index (χ1v) is 12.4. The first-order valence-electron chi connectivity index (χ1n) is 12.4. The largest absolute Gasteiger partial charge is 0.422 e. The summed E-state index contributed by atoms with van der Waals surface area (Å²) in [6.45, 7) is 15.6. The summed E-state index contributed by atoms with van der Waals surface area (Å²) in [5, 5.41) is 0. The third-order valence-electron chi connectivity index (χ3n) is 7.23. The molecule has 0 saturated carbocycles. The molecule has 0 atom stereocenters. The van der Waals surface area contributed by atoms with Crippen molar-refractivity contribution in [2.75, 3.05) is 9.62 Å². The summed E-state index contributed by atoms with van der Waals surface area (Å²) in [5.41, 5.74) is 11.4. The minimum absolute atomic E-state index is 0.0390. The lowest BCUT2D eigenvalue weighted by molar-refractivity contribution is 0.589. The van der Waals surface area contributed by atoms with E-state index in [0.29, 0.717) is 0 Å². The van der Waals surface area contributed by atoms with Gasteiger partial charge in [-0.25, -0.2) is 4.98 Å². The van der Waals surface area contributed by atoms with Gasteiger partial charge in [0.05, 0.1) is 11.4 Å². The lowest BCUT2D eigenvalue weighted by atomic mass is 9.61. The number of aromatic nitrogens is 1. The molecule has 3 nitrogen and oxygen atoms in total. The number of fused-ring (bicyclic) bond motifs is 1. The second kappa shape index (κ2) is 8.60. The summed E-state index contributed by atoms with van der Waals surface area (Å²) < 4.78 is 0. The van der Waals surface area contributed by atoms with E-state index >= 15 is 0 Å². The number of para-hydroxylation sites is 3. The topological polar surface area (TPSA) is 19.4 Å². The van der Waals surface area contributed by atoms with Crippen molar-refractivity contribution in [2.45, 2.75) is 53.9 Å². The third kappa shape index (κ3) is 3.91. The van der Waals surface area contributed by atoms with Crippen LogP contribution in [-0.2, 0) is 5.41 Å². The van der Waals surface area contributed by atoms with Gasteiger partial charge in [0.1, 0.15) is 5.82 Å². The molecule has 0 N–H and O–H groups in total. The molecule has 4 aromatic rings. The number of benzene rings is 3. The smallest absolute Gasteiger partial charge is 0.359 e. The fourth-order valence-electron chi connectivity index (χ4n) is 5.44. The molecule has 0 unspecified atom stereocenters. The van der Waals surface area contributed by atoms with E-state index in [0.717, 1.165) is 5.82 Å². The average Bonchev–Trinajstić information content (AvgIpc) is 3.13. The van der Waals surface area contributed by atoms with Gasteiger partial charge in [0.25, 0.3) is 0 Å². The fraction of sp³-hybridized carbons (Fsp3) is 0.258. The molecule has 176 valence electrons. The molecule has 0 spiro atoms. The monoisotopic (exact) mass is 459 g/mol. The van der Waals surface area contributed by atoms with Crippen molar-refractivity contribution in [3.63, 3.8) is 0 Å². The molecule has 0 aliphatic carbocycles. The van der Waals surface area contributed by atoms with Crippen molar-refractivity contribution in [3.8, 4) is 0 Å². The Balaban J connectivity index is 1.84. The minimum atomic E-state index is -0.0453. The van der Waals surface area contributed by atoms with Crippen molar-refractivity contribution >= 4 is 35.3 Å². The quantitative estimate of drug-likeness (QED) is 0.300. The van der Waals surface area contributed by atoms with Gasteiger partial charge in [0.15, 0.2) is 0 Å². The second-order valence-corrected chi connectivity index (χ2v) is 10.8. The maximum Gasteiger partial charge on any atom is 0.422 e. The van der Waals surface area contributed by atoms with Crippen molar-refractivity contribution in [3.05, 3.63) is 107 Å². The minimum Gasteiger partial charge on any atom is -0.359 e. The Morgan fingerprint density at radius 2 is 1.20 bits per heavy atom. The van der Waals surface area contributed by atoms with Crippen LogP contribution in [0, 0.1) is 27.7 Å². The van der Waals surface area contributed by atoms with Gasteiger partial charge in [0, 0.05) is 11.9 Å². The van der Waals surface area contributed by atoms with E-state index in [9.17, 15) is 0 Å². The van der Waals surface area contributed by atoms with Gasteiger partial charge in [-0.15, -0.1) is 0 Å². The van der Waals surface area contributed by atoms with E-state index in [4.69, 9.17) is 4.98 Å². The predicted molar refractivity (Wildman–Crippen MR) is 151 cm³/mol. The Kier molecular flexibility index (Phi) is 5.71. The number of pyridine rings is 1. The zero-order chi connectivity index (χ0) is 24.9. The first-order chi connectivity index (χ1) is 16.7. The van der Waals surface area contributed by atoms with Crippen LogP contribution in [0.15, 0.2) is 79.0 Å². The van der Waals surface area contributed by atoms with Crippen LogP contribution in [0.3, 0.4) is 0 Å². The molecular formula is C31H34BN3. The van der Waals surface area contributed by atoms with E-state index in [1.54, 1.807) is 0 Å². The van der Waals surface area contributed by atoms with E-state index in [2.05, 4.69) is 131 Å². The number of anilines is 4. The standard InChI is InChI=1S/C31H34BN3/c1-21-12-10-13-22(2)29(21)32-34(28-20-25(18-19-33-28)31(5,6)7)26-16-8-9-17-27(26)35(32)30-23(3)14-11-15-24(30)4/h8-20H,1-7H3. The number of nitrogens with zero attached hydrogens (tertiary/aromatic N) is 3. The Morgan fingerprint density at radius 3 is 1.77 bits per heavy atom. The Hall–Kier alpha value is -3.53. The molecule has 0 bridgehead atoms. The highest BCUT2D eigenvalue weighted by atomic mass is 15.3. The molecule has 0 radical (unpaired) electrons. The molecule has 0 fully saturated rings. The van der Waals surface area contributed by atoms with Gasteiger partial charge in [0.2, 0.25) is 0 Å². The van der Waals surface area contributed by atoms with Crippen molar-refractivity contribution < 1.29 is 0 Å². The number of rotatable bonds is 3. The van der Waals surface area contributed by atoms with Gasteiger partial charge >= 0.3 is 6.98 Å². The average molecular weight is 459 g/mol. The maximum absolute atomic E-state index is 4.94. The molecule has 1 aromatic heterocycles. The highest BCUT2D eigenvalue weighted by molar-refractivity contribution is 6.85. The Labute approximate surface area is 210 Å². The van der Waals surface area contributed by atoms with Crippen molar-refractivity contribution in [2.24, 2.45) is 0 Å². The van der Waals surface area contributed by atoms with Crippen LogP contribution in [0.2, 0.25) is 0 Å². The van der Waals surface area contributed by atoms with Crippen LogP contribution in [0.5, 0.6) is 0 Å². The number of hydrogen-bond acceptors (Lipinski definition) is 3. The maximum atomic E-state index is 4.94. The lowest BCUT2D eigenvalue weighted by Crippen LogP contribution is -2.55. The second-order valence-electron chi connectivity index (χ2n) is 10.8. The summed E-state index contributed by atoms with van der Waals surface area (Å²) in [7, 11) is 0. The van der Waals surface area contributed by atoms with E-state index < -0.39 is 0 Å². The molecule has 2 heterocycles. The molecule has 1 aliphatic rings. The molecular weight excluding hydrogens is 425 g/mol. The van der Waals surface area contributed by atoms with Crippen molar-refractivity contribution in [1.29, 1.82) is 0 Å². The molecule has 0 saturated heterocycles.